The minimum Gasteiger partial charge on any atom is -0.545 e. The fraction of sp³-hybridized carbons (Fsp3) is 0.364. The quantitative estimate of drug-likeness (QED) is 0.811. The predicted molar refractivity (Wildman–Crippen MR) is 53.2 cm³/mol. The first-order valence-corrected chi connectivity index (χ1v) is 5.08. The number of carboxylic acid groups (broad SMARTS) is 1. The van der Waals surface area contributed by atoms with E-state index in [4.69, 9.17) is 4.74 Å². The first-order valence-electron chi connectivity index (χ1n) is 5.08. The summed E-state index contributed by atoms with van der Waals surface area (Å²) in [6.45, 7) is 1.80. The van der Waals surface area contributed by atoms with E-state index >= 15 is 0 Å². The molecule has 100 valence electrons. The van der Waals surface area contributed by atoms with Crippen LogP contribution < -0.4 is 14.6 Å². The van der Waals surface area contributed by atoms with E-state index in [1.807, 2.05) is 0 Å². The zero-order valence-corrected chi connectivity index (χ0v) is 9.41. The monoisotopic (exact) mass is 263 g/mol. The van der Waals surface area contributed by atoms with Gasteiger partial charge in [0.15, 0.2) is 11.5 Å². The molecule has 0 aliphatic heterocycles. The van der Waals surface area contributed by atoms with Crippen LogP contribution in [0.4, 0.5) is 13.2 Å². The molecule has 0 saturated heterocycles. The highest BCUT2D eigenvalue weighted by Crippen LogP contribution is 2.35. The van der Waals surface area contributed by atoms with Gasteiger partial charge >= 0.3 is 6.36 Å². The van der Waals surface area contributed by atoms with Crippen LogP contribution in [0.5, 0.6) is 11.5 Å². The van der Waals surface area contributed by atoms with Crippen molar-refractivity contribution in [2.45, 2.75) is 19.7 Å². The van der Waals surface area contributed by atoms with Gasteiger partial charge in [0.05, 0.1) is 12.6 Å². The third kappa shape index (κ3) is 3.83. The van der Waals surface area contributed by atoms with Crippen molar-refractivity contribution in [3.63, 3.8) is 0 Å². The maximum atomic E-state index is 12.1. The van der Waals surface area contributed by atoms with Gasteiger partial charge in [-0.2, -0.15) is 0 Å². The second kappa shape index (κ2) is 5.61. The highest BCUT2D eigenvalue weighted by atomic mass is 19.4. The van der Waals surface area contributed by atoms with Crippen molar-refractivity contribution < 1.29 is 32.5 Å². The number of hydrogen-bond acceptors (Lipinski definition) is 4. The van der Waals surface area contributed by atoms with Crippen LogP contribution in [0, 0.1) is 0 Å². The van der Waals surface area contributed by atoms with E-state index in [0.29, 0.717) is 6.42 Å². The molecule has 0 aliphatic rings. The average molecular weight is 263 g/mol. The zero-order chi connectivity index (χ0) is 13.8. The molecule has 0 spiro atoms. The normalized spacial score (nSPS) is 11.1. The molecule has 0 amide bonds. The van der Waals surface area contributed by atoms with Crippen molar-refractivity contribution in [3.8, 4) is 11.5 Å². The van der Waals surface area contributed by atoms with Gasteiger partial charge in [0.1, 0.15) is 0 Å². The maximum Gasteiger partial charge on any atom is 0.573 e. The molecule has 0 bridgehead atoms. The molecule has 0 atom stereocenters. The van der Waals surface area contributed by atoms with E-state index in [9.17, 15) is 23.1 Å². The van der Waals surface area contributed by atoms with Gasteiger partial charge in [0, 0.05) is 5.56 Å². The summed E-state index contributed by atoms with van der Waals surface area (Å²) in [7, 11) is 0. The number of para-hydroxylation sites is 1. The van der Waals surface area contributed by atoms with Crippen molar-refractivity contribution in [2.24, 2.45) is 0 Å². The summed E-state index contributed by atoms with van der Waals surface area (Å²) < 4.78 is 45.1. The van der Waals surface area contributed by atoms with Crippen molar-refractivity contribution in [1.29, 1.82) is 0 Å². The largest absolute Gasteiger partial charge is 0.573 e. The summed E-state index contributed by atoms with van der Waals surface area (Å²) in [6.07, 6.45) is -4.41. The van der Waals surface area contributed by atoms with Gasteiger partial charge in [-0.25, -0.2) is 0 Å². The lowest BCUT2D eigenvalue weighted by Crippen LogP contribution is -2.24. The highest BCUT2D eigenvalue weighted by molar-refractivity contribution is 5.90. The highest BCUT2D eigenvalue weighted by Gasteiger charge is 2.33. The van der Waals surface area contributed by atoms with Crippen LogP contribution in [-0.2, 0) is 0 Å². The molecule has 0 unspecified atom stereocenters. The lowest BCUT2D eigenvalue weighted by atomic mass is 10.2. The molecule has 0 aromatic heterocycles. The lowest BCUT2D eigenvalue weighted by Gasteiger charge is -2.17. The summed E-state index contributed by atoms with van der Waals surface area (Å²) >= 11 is 0. The fourth-order valence-corrected chi connectivity index (χ4v) is 1.23. The summed E-state index contributed by atoms with van der Waals surface area (Å²) in [4.78, 5) is 10.8. The number of carboxylic acids is 1. The van der Waals surface area contributed by atoms with Crippen LogP contribution in [0.3, 0.4) is 0 Å². The first kappa shape index (κ1) is 14.1. The second-order valence-corrected chi connectivity index (χ2v) is 3.32. The van der Waals surface area contributed by atoms with E-state index in [0.717, 1.165) is 18.2 Å². The molecule has 7 heteroatoms. The predicted octanol–water partition coefficient (Wildman–Crippen LogP) is 1.74. The molecular weight excluding hydrogens is 253 g/mol. The molecule has 1 aromatic rings. The number of ether oxygens (including phenoxy) is 2. The molecule has 18 heavy (non-hydrogen) atoms. The van der Waals surface area contributed by atoms with Crippen molar-refractivity contribution >= 4 is 5.97 Å². The Labute approximate surface area is 101 Å². The van der Waals surface area contributed by atoms with Crippen molar-refractivity contribution in [3.05, 3.63) is 23.8 Å². The Kier molecular flexibility index (Phi) is 4.41. The molecule has 0 aliphatic carbocycles. The molecule has 0 saturated carbocycles. The Balaban J connectivity index is 3.15. The third-order valence-corrected chi connectivity index (χ3v) is 1.88. The number of carbonyl (C=O) groups is 1. The third-order valence-electron chi connectivity index (χ3n) is 1.88. The minimum absolute atomic E-state index is 0.0680. The summed E-state index contributed by atoms with van der Waals surface area (Å²) in [5, 5.41) is 10.8. The molecule has 0 radical (unpaired) electrons. The van der Waals surface area contributed by atoms with Gasteiger partial charge in [0.2, 0.25) is 0 Å². The van der Waals surface area contributed by atoms with Crippen LogP contribution in [0.2, 0.25) is 0 Å². The van der Waals surface area contributed by atoms with Crippen molar-refractivity contribution in [2.75, 3.05) is 6.61 Å². The number of alkyl halides is 3. The van der Waals surface area contributed by atoms with Crippen LogP contribution >= 0.6 is 0 Å². The van der Waals surface area contributed by atoms with Crippen molar-refractivity contribution in [1.82, 2.24) is 0 Å². The smallest absolute Gasteiger partial charge is 0.545 e. The van der Waals surface area contributed by atoms with Crippen LogP contribution in [-0.4, -0.2) is 18.9 Å². The van der Waals surface area contributed by atoms with E-state index in [1.54, 1.807) is 6.92 Å². The van der Waals surface area contributed by atoms with E-state index in [1.165, 1.54) is 0 Å². The second-order valence-electron chi connectivity index (χ2n) is 3.32. The maximum absolute atomic E-state index is 12.1. The molecule has 0 N–H and O–H groups in total. The Bertz CT molecular complexity index is 429. The van der Waals surface area contributed by atoms with Gasteiger partial charge < -0.3 is 19.4 Å². The summed E-state index contributed by atoms with van der Waals surface area (Å²) in [6, 6.07) is 3.18. The molecule has 0 fully saturated rings. The van der Waals surface area contributed by atoms with Gasteiger partial charge in [0.25, 0.3) is 0 Å². The average Bonchev–Trinajstić information content (AvgIpc) is 2.24. The number of aromatic carboxylic acids is 1. The number of carbonyl (C=O) groups excluding carboxylic acids is 1. The van der Waals surface area contributed by atoms with Gasteiger partial charge in [-0.1, -0.05) is 13.0 Å². The standard InChI is InChI=1S/C11H11F3O4/c1-2-6-17-9-7(10(15)16)4-3-5-8(9)18-11(12,13)14/h3-5H,2,6H2,1H3,(H,15,16)/p-1. The summed E-state index contributed by atoms with van der Waals surface area (Å²) in [5.74, 6) is -2.80. The van der Waals surface area contributed by atoms with E-state index < -0.39 is 29.4 Å². The van der Waals surface area contributed by atoms with E-state index in [-0.39, 0.29) is 6.61 Å². The van der Waals surface area contributed by atoms with Crippen LogP contribution in [0.25, 0.3) is 0 Å². The lowest BCUT2D eigenvalue weighted by molar-refractivity contribution is -0.275. The van der Waals surface area contributed by atoms with Gasteiger partial charge in [-0.15, -0.1) is 13.2 Å². The first-order chi connectivity index (χ1) is 8.35. The fourth-order valence-electron chi connectivity index (χ4n) is 1.23. The Morgan fingerprint density at radius 2 is 2.06 bits per heavy atom. The van der Waals surface area contributed by atoms with Crippen LogP contribution in [0.1, 0.15) is 23.7 Å². The summed E-state index contributed by atoms with van der Waals surface area (Å²) in [5.41, 5.74) is -0.481. The number of benzene rings is 1. The Hall–Kier alpha value is -1.92. The topological polar surface area (TPSA) is 58.6 Å². The van der Waals surface area contributed by atoms with Crippen LogP contribution in [0.15, 0.2) is 18.2 Å². The Morgan fingerprint density at radius 3 is 2.56 bits per heavy atom. The number of rotatable bonds is 5. The van der Waals surface area contributed by atoms with Gasteiger partial charge in [-0.05, 0) is 18.6 Å². The molecule has 4 nitrogen and oxygen atoms in total. The number of hydrogen-bond donors (Lipinski definition) is 0. The molecule has 1 rings (SSSR count). The van der Waals surface area contributed by atoms with Gasteiger partial charge in [-0.3, -0.25) is 0 Å². The number of halogens is 3. The zero-order valence-electron chi connectivity index (χ0n) is 9.41. The molecular formula is C11H10F3O4-. The molecule has 0 heterocycles. The minimum atomic E-state index is -4.92. The molecule has 1 aromatic carbocycles. The SMILES string of the molecule is CCCOc1c(OC(F)(F)F)cccc1C(=O)[O-]. The van der Waals surface area contributed by atoms with E-state index in [2.05, 4.69) is 4.74 Å². The Morgan fingerprint density at radius 1 is 1.39 bits per heavy atom.